The Kier molecular flexibility index (Phi) is 7.57. The van der Waals surface area contributed by atoms with E-state index in [4.69, 9.17) is 16.3 Å². The highest BCUT2D eigenvalue weighted by atomic mass is 35.5. The standard InChI is InChI=1S/C12H21ClN2O3/c13-6-9-18-12(17)15-8-7-14-11(16)10-4-2-1-3-5-10/h10H,1-9H2,(H,14,16)(H,15,17). The van der Waals surface area contributed by atoms with Crippen LogP contribution in [0.1, 0.15) is 32.1 Å². The monoisotopic (exact) mass is 276 g/mol. The second-order valence-electron chi connectivity index (χ2n) is 4.38. The van der Waals surface area contributed by atoms with Crippen LogP contribution in [0.4, 0.5) is 4.79 Å². The van der Waals surface area contributed by atoms with Crippen molar-refractivity contribution in [3.8, 4) is 0 Å². The Morgan fingerprint density at radius 1 is 1.11 bits per heavy atom. The van der Waals surface area contributed by atoms with Gasteiger partial charge < -0.3 is 15.4 Å². The Balaban J connectivity index is 2.02. The van der Waals surface area contributed by atoms with E-state index < -0.39 is 6.09 Å². The Morgan fingerprint density at radius 2 is 1.78 bits per heavy atom. The number of carbonyl (C=O) groups is 2. The van der Waals surface area contributed by atoms with Crippen LogP contribution < -0.4 is 10.6 Å². The minimum atomic E-state index is -0.498. The van der Waals surface area contributed by atoms with Gasteiger partial charge in [-0.3, -0.25) is 4.79 Å². The molecule has 0 aromatic rings. The van der Waals surface area contributed by atoms with E-state index in [2.05, 4.69) is 10.6 Å². The number of alkyl halides is 1. The van der Waals surface area contributed by atoms with Gasteiger partial charge in [0.25, 0.3) is 0 Å². The Hall–Kier alpha value is -0.970. The fraction of sp³-hybridized carbons (Fsp3) is 0.833. The zero-order chi connectivity index (χ0) is 13.2. The number of hydrogen-bond acceptors (Lipinski definition) is 3. The fourth-order valence-corrected chi connectivity index (χ4v) is 2.12. The summed E-state index contributed by atoms with van der Waals surface area (Å²) in [6, 6.07) is 0. The average molecular weight is 277 g/mol. The molecule has 0 radical (unpaired) electrons. The third-order valence-corrected chi connectivity index (χ3v) is 3.13. The Labute approximate surface area is 113 Å². The first kappa shape index (κ1) is 15.1. The van der Waals surface area contributed by atoms with Gasteiger partial charge in [0.05, 0.1) is 5.88 Å². The summed E-state index contributed by atoms with van der Waals surface area (Å²) >= 11 is 5.37. The van der Waals surface area contributed by atoms with Crippen LogP contribution in [-0.2, 0) is 9.53 Å². The first-order valence-corrected chi connectivity index (χ1v) is 7.02. The molecule has 0 unspecified atom stereocenters. The van der Waals surface area contributed by atoms with Crippen LogP contribution in [0.2, 0.25) is 0 Å². The molecule has 6 heteroatoms. The molecule has 2 N–H and O–H groups in total. The molecule has 1 fully saturated rings. The molecular weight excluding hydrogens is 256 g/mol. The van der Waals surface area contributed by atoms with Gasteiger partial charge in [-0.05, 0) is 12.8 Å². The molecule has 0 saturated heterocycles. The smallest absolute Gasteiger partial charge is 0.407 e. The molecule has 1 saturated carbocycles. The molecule has 104 valence electrons. The third-order valence-electron chi connectivity index (χ3n) is 2.98. The zero-order valence-corrected chi connectivity index (χ0v) is 11.3. The van der Waals surface area contributed by atoms with Crippen LogP contribution in [0.3, 0.4) is 0 Å². The molecule has 0 aliphatic heterocycles. The van der Waals surface area contributed by atoms with Crippen LogP contribution in [0.15, 0.2) is 0 Å². The highest BCUT2D eigenvalue weighted by Gasteiger charge is 2.20. The average Bonchev–Trinajstić information content (AvgIpc) is 2.42. The molecule has 1 rings (SSSR count). The van der Waals surface area contributed by atoms with Gasteiger partial charge in [-0.1, -0.05) is 19.3 Å². The van der Waals surface area contributed by atoms with E-state index in [1.165, 1.54) is 6.42 Å². The topological polar surface area (TPSA) is 67.4 Å². The molecule has 1 aliphatic rings. The van der Waals surface area contributed by atoms with Crippen LogP contribution in [-0.4, -0.2) is 37.6 Å². The highest BCUT2D eigenvalue weighted by Crippen LogP contribution is 2.23. The van der Waals surface area contributed by atoms with Gasteiger partial charge in [-0.25, -0.2) is 4.79 Å². The van der Waals surface area contributed by atoms with Crippen LogP contribution in [0.5, 0.6) is 0 Å². The molecule has 2 amide bonds. The largest absolute Gasteiger partial charge is 0.448 e. The van der Waals surface area contributed by atoms with Crippen molar-refractivity contribution >= 4 is 23.6 Å². The zero-order valence-electron chi connectivity index (χ0n) is 10.5. The summed E-state index contributed by atoms with van der Waals surface area (Å²) in [6.45, 7) is 1.01. The second-order valence-corrected chi connectivity index (χ2v) is 4.76. The maximum atomic E-state index is 11.7. The lowest BCUT2D eigenvalue weighted by molar-refractivity contribution is -0.125. The van der Waals surface area contributed by atoms with Crippen LogP contribution in [0, 0.1) is 5.92 Å². The number of halogens is 1. The van der Waals surface area contributed by atoms with Gasteiger partial charge in [0.2, 0.25) is 5.91 Å². The molecule has 0 aromatic carbocycles. The SMILES string of the molecule is O=C(NCCNC(=O)C1CCCCC1)OCCCl. The predicted molar refractivity (Wildman–Crippen MR) is 69.7 cm³/mol. The minimum absolute atomic E-state index is 0.102. The molecule has 0 spiro atoms. The summed E-state index contributed by atoms with van der Waals surface area (Å²) in [5.74, 6) is 0.541. The fourth-order valence-electron chi connectivity index (χ4n) is 2.04. The van der Waals surface area contributed by atoms with Crippen LogP contribution >= 0.6 is 11.6 Å². The van der Waals surface area contributed by atoms with Gasteiger partial charge >= 0.3 is 6.09 Å². The molecule has 18 heavy (non-hydrogen) atoms. The van der Waals surface area contributed by atoms with Crippen molar-refractivity contribution in [2.75, 3.05) is 25.6 Å². The number of hydrogen-bond donors (Lipinski definition) is 2. The number of amides is 2. The van der Waals surface area contributed by atoms with E-state index in [0.29, 0.717) is 13.1 Å². The van der Waals surface area contributed by atoms with E-state index in [1.807, 2.05) is 0 Å². The lowest BCUT2D eigenvalue weighted by atomic mass is 9.89. The summed E-state index contributed by atoms with van der Waals surface area (Å²) in [5.41, 5.74) is 0. The maximum absolute atomic E-state index is 11.7. The molecule has 0 atom stereocenters. The molecule has 5 nitrogen and oxygen atoms in total. The van der Waals surface area contributed by atoms with Gasteiger partial charge in [0, 0.05) is 19.0 Å². The predicted octanol–water partition coefficient (Wildman–Crippen LogP) is 1.65. The van der Waals surface area contributed by atoms with Crippen LogP contribution in [0.25, 0.3) is 0 Å². The van der Waals surface area contributed by atoms with Crippen molar-refractivity contribution < 1.29 is 14.3 Å². The third kappa shape index (κ3) is 6.10. The maximum Gasteiger partial charge on any atom is 0.407 e. The number of alkyl carbamates (subject to hydrolysis) is 1. The van der Waals surface area contributed by atoms with Crippen molar-refractivity contribution in [3.63, 3.8) is 0 Å². The molecule has 0 heterocycles. The van der Waals surface area contributed by atoms with Crippen molar-refractivity contribution in [2.45, 2.75) is 32.1 Å². The summed E-state index contributed by atoms with van der Waals surface area (Å²) in [5, 5.41) is 5.37. The summed E-state index contributed by atoms with van der Waals surface area (Å²) in [7, 11) is 0. The first-order valence-electron chi connectivity index (χ1n) is 6.48. The number of ether oxygens (including phenoxy) is 1. The van der Waals surface area contributed by atoms with Crippen molar-refractivity contribution in [2.24, 2.45) is 5.92 Å². The number of nitrogens with one attached hydrogen (secondary N) is 2. The second kappa shape index (κ2) is 9.03. The van der Waals surface area contributed by atoms with E-state index in [0.717, 1.165) is 25.7 Å². The van der Waals surface area contributed by atoms with E-state index >= 15 is 0 Å². The number of rotatable bonds is 6. The quantitative estimate of drug-likeness (QED) is 0.573. The molecule has 1 aliphatic carbocycles. The summed E-state index contributed by atoms with van der Waals surface area (Å²) in [6.07, 6.45) is 4.98. The Morgan fingerprint density at radius 3 is 2.44 bits per heavy atom. The molecule has 0 aromatic heterocycles. The minimum Gasteiger partial charge on any atom is -0.448 e. The Bertz CT molecular complexity index is 268. The lowest BCUT2D eigenvalue weighted by Gasteiger charge is -2.20. The number of carbonyl (C=O) groups excluding carboxylic acids is 2. The van der Waals surface area contributed by atoms with Gasteiger partial charge in [-0.2, -0.15) is 0 Å². The van der Waals surface area contributed by atoms with E-state index in [9.17, 15) is 9.59 Å². The van der Waals surface area contributed by atoms with Crippen molar-refractivity contribution in [3.05, 3.63) is 0 Å². The lowest BCUT2D eigenvalue weighted by Crippen LogP contribution is -2.38. The highest BCUT2D eigenvalue weighted by molar-refractivity contribution is 6.18. The molecule has 0 bridgehead atoms. The first-order chi connectivity index (χ1) is 8.74. The van der Waals surface area contributed by atoms with Crippen molar-refractivity contribution in [1.29, 1.82) is 0 Å². The normalized spacial score (nSPS) is 16.1. The van der Waals surface area contributed by atoms with E-state index in [1.54, 1.807) is 0 Å². The molecular formula is C12H21ClN2O3. The summed E-state index contributed by atoms with van der Waals surface area (Å²) in [4.78, 5) is 22.8. The van der Waals surface area contributed by atoms with Gasteiger partial charge in [0.1, 0.15) is 6.61 Å². The van der Waals surface area contributed by atoms with Gasteiger partial charge in [0.15, 0.2) is 0 Å². The van der Waals surface area contributed by atoms with Gasteiger partial charge in [-0.15, -0.1) is 11.6 Å². The van der Waals surface area contributed by atoms with Crippen molar-refractivity contribution in [1.82, 2.24) is 10.6 Å². The summed E-state index contributed by atoms with van der Waals surface area (Å²) < 4.78 is 4.72. The van der Waals surface area contributed by atoms with E-state index in [-0.39, 0.29) is 24.3 Å².